The van der Waals surface area contributed by atoms with Gasteiger partial charge in [-0.1, -0.05) is 20.7 Å². The fourth-order valence-electron chi connectivity index (χ4n) is 4.32. The van der Waals surface area contributed by atoms with E-state index in [0.29, 0.717) is 14.5 Å². The van der Waals surface area contributed by atoms with Gasteiger partial charge < -0.3 is 14.2 Å². The molecule has 0 aliphatic carbocycles. The normalized spacial score (nSPS) is 24.6. The summed E-state index contributed by atoms with van der Waals surface area (Å²) in [6, 6.07) is 4.17. The van der Waals surface area contributed by atoms with Crippen LogP contribution in [0.2, 0.25) is 0 Å². The van der Waals surface area contributed by atoms with Crippen molar-refractivity contribution in [2.24, 2.45) is 5.92 Å². The largest absolute Gasteiger partial charge is 0.307 e. The van der Waals surface area contributed by atoms with Gasteiger partial charge in [0.25, 0.3) is 5.91 Å². The van der Waals surface area contributed by atoms with Gasteiger partial charge in [0.15, 0.2) is 0 Å². The lowest BCUT2D eigenvalue weighted by Crippen LogP contribution is -2.37. The van der Waals surface area contributed by atoms with E-state index in [1.54, 1.807) is 0 Å². The summed E-state index contributed by atoms with van der Waals surface area (Å²) in [5.41, 5.74) is 4.34. The highest BCUT2D eigenvalue weighted by Gasteiger charge is 2.30. The molecule has 5 heterocycles. The Bertz CT molecular complexity index is 1030. The van der Waals surface area contributed by atoms with E-state index in [9.17, 15) is 4.79 Å². The third-order valence-corrected chi connectivity index (χ3v) is 7.48. The minimum Gasteiger partial charge on any atom is -0.307 e. The highest BCUT2D eigenvalue weighted by Crippen LogP contribution is 2.45. The fraction of sp³-hybridized carbons (Fsp3) is 0.364. The Labute approximate surface area is 167 Å². The van der Waals surface area contributed by atoms with Crippen LogP contribution in [-0.4, -0.2) is 51.0 Å². The maximum absolute atomic E-state index is 12.9. The van der Waals surface area contributed by atoms with Gasteiger partial charge in [-0.05, 0) is 74.4 Å². The zero-order valence-electron chi connectivity index (χ0n) is 16.3. The standard InChI is InChI=1S/C22H25N4OP/c1-15-13-25-10-7-17(11-20(25)23-15)19-12-21(27)26-14-18(3-4-22(26)28-19)16-5-8-24(2)9-6-16/h3-4,7,10-14,16,22,28H,5-6,8-9H2,1-2H3. The number of imidazole rings is 1. The predicted octanol–water partition coefficient (Wildman–Crippen LogP) is 3.63. The van der Waals surface area contributed by atoms with Crippen LogP contribution in [0.3, 0.4) is 0 Å². The Morgan fingerprint density at radius 1 is 1.25 bits per heavy atom. The van der Waals surface area contributed by atoms with E-state index in [-0.39, 0.29) is 11.7 Å². The third-order valence-electron chi connectivity index (χ3n) is 5.97. The maximum atomic E-state index is 12.9. The van der Waals surface area contributed by atoms with Crippen LogP contribution >= 0.6 is 8.58 Å². The first kappa shape index (κ1) is 17.8. The van der Waals surface area contributed by atoms with Crippen molar-refractivity contribution in [2.75, 3.05) is 20.1 Å². The molecule has 144 valence electrons. The summed E-state index contributed by atoms with van der Waals surface area (Å²) in [6.45, 7) is 4.26. The molecule has 0 spiro atoms. The van der Waals surface area contributed by atoms with E-state index in [2.05, 4.69) is 47.4 Å². The number of hydrogen-bond donors (Lipinski definition) is 0. The maximum Gasteiger partial charge on any atom is 0.252 e. The molecule has 0 bridgehead atoms. The summed E-state index contributed by atoms with van der Waals surface area (Å²) in [5.74, 6) is 0.800. The fourth-order valence-corrected chi connectivity index (χ4v) is 5.70. The number of carbonyl (C=O) groups is 1. The molecule has 3 aliphatic rings. The van der Waals surface area contributed by atoms with Gasteiger partial charge >= 0.3 is 0 Å². The number of hydrogen-bond acceptors (Lipinski definition) is 3. The van der Waals surface area contributed by atoms with Crippen molar-refractivity contribution < 1.29 is 4.79 Å². The van der Waals surface area contributed by atoms with Crippen molar-refractivity contribution in [3.8, 4) is 0 Å². The second-order valence-corrected chi connectivity index (χ2v) is 9.44. The quantitative estimate of drug-likeness (QED) is 0.733. The van der Waals surface area contributed by atoms with E-state index in [4.69, 9.17) is 0 Å². The average Bonchev–Trinajstić information content (AvgIpc) is 3.07. The highest BCUT2D eigenvalue weighted by molar-refractivity contribution is 7.51. The van der Waals surface area contributed by atoms with Gasteiger partial charge in [0.1, 0.15) is 5.65 Å². The summed E-state index contributed by atoms with van der Waals surface area (Å²) in [6.07, 6.45) is 14.8. The van der Waals surface area contributed by atoms with Gasteiger partial charge in [-0.3, -0.25) is 4.79 Å². The van der Waals surface area contributed by atoms with E-state index in [1.807, 2.05) is 34.7 Å². The molecule has 1 amide bonds. The second-order valence-electron chi connectivity index (χ2n) is 8.02. The summed E-state index contributed by atoms with van der Waals surface area (Å²) in [5, 5.41) is 1.12. The number of amides is 1. The van der Waals surface area contributed by atoms with Crippen molar-refractivity contribution >= 4 is 25.4 Å². The van der Waals surface area contributed by atoms with Crippen LogP contribution in [0.1, 0.15) is 24.1 Å². The monoisotopic (exact) mass is 392 g/mol. The molecule has 0 aromatic carbocycles. The van der Waals surface area contributed by atoms with Gasteiger partial charge in [-0.25, -0.2) is 4.98 Å². The molecule has 1 saturated heterocycles. The number of aromatic nitrogens is 2. The molecule has 0 N–H and O–H groups in total. The Hall–Kier alpha value is -2.23. The minimum absolute atomic E-state index is 0.0907. The molecule has 2 atom stereocenters. The van der Waals surface area contributed by atoms with Gasteiger partial charge in [-0.2, -0.15) is 0 Å². The summed E-state index contributed by atoms with van der Waals surface area (Å²) >= 11 is 0. The Kier molecular flexibility index (Phi) is 4.45. The molecule has 0 radical (unpaired) electrons. The van der Waals surface area contributed by atoms with Crippen LogP contribution in [0.15, 0.2) is 54.5 Å². The molecule has 2 aromatic heterocycles. The first-order valence-electron chi connectivity index (χ1n) is 9.91. The van der Waals surface area contributed by atoms with Crippen LogP contribution in [0.5, 0.6) is 0 Å². The highest BCUT2D eigenvalue weighted by atomic mass is 31.1. The van der Waals surface area contributed by atoms with Crippen molar-refractivity contribution in [1.82, 2.24) is 19.2 Å². The molecule has 5 nitrogen and oxygen atoms in total. The Balaban J connectivity index is 1.40. The number of nitrogens with zero attached hydrogens (tertiary/aromatic N) is 4. The SMILES string of the molecule is Cc1cn2ccc(C3=CC(=O)N4C=C(C5CCN(C)CC5)C=CC4P3)cc2n1. The molecule has 28 heavy (non-hydrogen) atoms. The molecule has 3 aliphatic heterocycles. The Morgan fingerprint density at radius 3 is 2.89 bits per heavy atom. The molecular weight excluding hydrogens is 367 g/mol. The van der Waals surface area contributed by atoms with Gasteiger partial charge in [0, 0.05) is 24.7 Å². The van der Waals surface area contributed by atoms with Crippen LogP contribution in [0.25, 0.3) is 11.0 Å². The van der Waals surface area contributed by atoms with Crippen LogP contribution in [-0.2, 0) is 4.79 Å². The molecule has 0 saturated carbocycles. The van der Waals surface area contributed by atoms with Crippen molar-refractivity contribution in [3.05, 3.63) is 65.8 Å². The topological polar surface area (TPSA) is 40.9 Å². The number of carbonyl (C=O) groups excluding carboxylic acids is 1. The number of likely N-dealkylation sites (tertiary alicyclic amines) is 1. The first-order chi connectivity index (χ1) is 13.6. The molecule has 1 fully saturated rings. The van der Waals surface area contributed by atoms with E-state index in [0.717, 1.165) is 35.3 Å². The zero-order valence-corrected chi connectivity index (χ0v) is 17.3. The number of rotatable bonds is 2. The number of aryl methyl sites for hydroxylation is 1. The summed E-state index contributed by atoms with van der Waals surface area (Å²) in [7, 11) is 2.73. The first-order valence-corrected chi connectivity index (χ1v) is 11.0. The molecule has 2 aromatic rings. The zero-order chi connectivity index (χ0) is 19.3. The van der Waals surface area contributed by atoms with E-state index >= 15 is 0 Å². The van der Waals surface area contributed by atoms with Crippen LogP contribution in [0, 0.1) is 12.8 Å². The number of allylic oxidation sites excluding steroid dienone is 2. The minimum atomic E-state index is 0.0907. The average molecular weight is 392 g/mol. The Morgan fingerprint density at radius 2 is 2.07 bits per heavy atom. The van der Waals surface area contributed by atoms with Crippen molar-refractivity contribution in [3.63, 3.8) is 0 Å². The van der Waals surface area contributed by atoms with E-state index < -0.39 is 0 Å². The van der Waals surface area contributed by atoms with Gasteiger partial charge in [-0.15, -0.1) is 0 Å². The molecular formula is C22H25N4OP. The van der Waals surface area contributed by atoms with E-state index in [1.165, 1.54) is 18.4 Å². The number of fused-ring (bicyclic) bond motifs is 2. The molecule has 2 unspecified atom stereocenters. The third kappa shape index (κ3) is 3.23. The van der Waals surface area contributed by atoms with Crippen LogP contribution in [0.4, 0.5) is 0 Å². The van der Waals surface area contributed by atoms with Gasteiger partial charge in [0.05, 0.1) is 11.5 Å². The molecule has 6 heteroatoms. The second kappa shape index (κ2) is 6.98. The van der Waals surface area contributed by atoms with Crippen molar-refractivity contribution in [1.29, 1.82) is 0 Å². The summed E-state index contributed by atoms with van der Waals surface area (Å²) in [4.78, 5) is 21.8. The lowest BCUT2D eigenvalue weighted by atomic mass is 9.88. The lowest BCUT2D eigenvalue weighted by molar-refractivity contribution is -0.123. The smallest absolute Gasteiger partial charge is 0.252 e. The number of piperidine rings is 1. The molecule has 5 rings (SSSR count). The van der Waals surface area contributed by atoms with Crippen LogP contribution < -0.4 is 0 Å². The predicted molar refractivity (Wildman–Crippen MR) is 114 cm³/mol. The van der Waals surface area contributed by atoms with Gasteiger partial charge in [0.2, 0.25) is 0 Å². The van der Waals surface area contributed by atoms with Crippen molar-refractivity contribution in [2.45, 2.75) is 25.5 Å². The number of pyridine rings is 1. The lowest BCUT2D eigenvalue weighted by Gasteiger charge is -2.37. The summed E-state index contributed by atoms with van der Waals surface area (Å²) < 4.78 is 2.02.